The van der Waals surface area contributed by atoms with Gasteiger partial charge in [0, 0.05) is 23.5 Å². The Morgan fingerprint density at radius 1 is 1.19 bits per heavy atom. The number of nitriles is 2. The molecule has 31 heavy (non-hydrogen) atoms. The lowest BCUT2D eigenvalue weighted by atomic mass is 10.1. The fraction of sp³-hybridized carbons (Fsp3) is 0.182. The van der Waals surface area contributed by atoms with Crippen molar-refractivity contribution in [1.29, 1.82) is 10.5 Å². The number of allylic oxidation sites excluding steroid dienone is 1. The van der Waals surface area contributed by atoms with Crippen LogP contribution in [0.15, 0.2) is 24.4 Å². The molecule has 4 aromatic rings. The van der Waals surface area contributed by atoms with Crippen LogP contribution in [-0.2, 0) is 0 Å². The topological polar surface area (TPSA) is 113 Å². The zero-order chi connectivity index (χ0) is 22.1. The maximum atomic E-state index is 9.79. The molecule has 1 N–H and O–H groups in total. The van der Waals surface area contributed by atoms with E-state index in [1.54, 1.807) is 38.6 Å². The number of nitrogens with zero attached hydrogens (tertiary/aromatic N) is 5. The molecule has 4 aromatic heterocycles. The van der Waals surface area contributed by atoms with Crippen molar-refractivity contribution in [3.05, 3.63) is 52.7 Å². The molecular weight excluding hydrogens is 412 g/mol. The van der Waals surface area contributed by atoms with Crippen molar-refractivity contribution in [3.8, 4) is 28.1 Å². The minimum absolute atomic E-state index is 0.389. The molecule has 8 nitrogen and oxygen atoms in total. The number of aromatic amines is 1. The summed E-state index contributed by atoms with van der Waals surface area (Å²) in [6.07, 6.45) is 3.41. The summed E-state index contributed by atoms with van der Waals surface area (Å²) in [6.45, 7) is 3.91. The van der Waals surface area contributed by atoms with E-state index in [0.717, 1.165) is 22.0 Å². The van der Waals surface area contributed by atoms with Crippen LogP contribution in [0.2, 0.25) is 0 Å². The lowest BCUT2D eigenvalue weighted by Gasteiger charge is -2.07. The molecule has 0 spiro atoms. The third-order valence-corrected chi connectivity index (χ3v) is 5.99. The summed E-state index contributed by atoms with van der Waals surface area (Å²) >= 11 is 1.40. The highest BCUT2D eigenvalue weighted by Gasteiger charge is 2.18. The Kier molecular flexibility index (Phi) is 5.20. The number of aryl methyl sites for hydroxylation is 1. The van der Waals surface area contributed by atoms with Gasteiger partial charge in [-0.1, -0.05) is 11.3 Å². The predicted molar refractivity (Wildman–Crippen MR) is 118 cm³/mol. The maximum Gasteiger partial charge on any atom is 0.215 e. The van der Waals surface area contributed by atoms with Crippen molar-refractivity contribution in [2.45, 2.75) is 13.8 Å². The fourth-order valence-electron chi connectivity index (χ4n) is 3.39. The molecule has 0 amide bonds. The number of thiophene rings is 1. The maximum absolute atomic E-state index is 9.79. The lowest BCUT2D eigenvalue weighted by molar-refractivity contribution is 0.398. The van der Waals surface area contributed by atoms with E-state index in [4.69, 9.17) is 9.47 Å². The standard InChI is InChI=1S/C22H18N6O2S/c1-12-5-14(13(2)28(12)22-16(10-24)7-20(30-4)31-22)6-15(9-23)21-26-17-8-19(29-3)25-11-18(17)27-21/h5-8,11H,1-4H3,(H,26,27). The first-order chi connectivity index (χ1) is 15.0. The monoisotopic (exact) mass is 430 g/mol. The van der Waals surface area contributed by atoms with Gasteiger partial charge >= 0.3 is 0 Å². The molecule has 0 saturated carbocycles. The van der Waals surface area contributed by atoms with Crippen LogP contribution >= 0.6 is 11.3 Å². The SMILES string of the molecule is COc1cc2nc(C(C#N)=Cc3cc(C)n(-c4sc(OC)cc4C#N)c3C)[nH]c2cn1. The van der Waals surface area contributed by atoms with E-state index in [9.17, 15) is 10.5 Å². The average Bonchev–Trinajstić information content (AvgIpc) is 3.46. The molecule has 154 valence electrons. The van der Waals surface area contributed by atoms with Gasteiger partial charge in [-0.25, -0.2) is 9.97 Å². The zero-order valence-electron chi connectivity index (χ0n) is 17.3. The first-order valence-electron chi connectivity index (χ1n) is 9.28. The van der Waals surface area contributed by atoms with Gasteiger partial charge in [-0.05, 0) is 31.6 Å². The smallest absolute Gasteiger partial charge is 0.215 e. The van der Waals surface area contributed by atoms with Crippen LogP contribution in [-0.4, -0.2) is 33.7 Å². The number of hydrogen-bond acceptors (Lipinski definition) is 7. The number of hydrogen-bond donors (Lipinski definition) is 1. The Labute approximate surface area is 182 Å². The van der Waals surface area contributed by atoms with E-state index in [1.165, 1.54) is 11.3 Å². The first-order valence-corrected chi connectivity index (χ1v) is 10.1. The van der Waals surface area contributed by atoms with Gasteiger partial charge in [0.15, 0.2) is 5.06 Å². The Morgan fingerprint density at radius 3 is 2.68 bits per heavy atom. The van der Waals surface area contributed by atoms with Crippen LogP contribution in [0.3, 0.4) is 0 Å². The number of methoxy groups -OCH3 is 2. The first kappa shape index (κ1) is 20.2. The molecule has 9 heteroatoms. The van der Waals surface area contributed by atoms with E-state index >= 15 is 0 Å². The third-order valence-electron chi connectivity index (χ3n) is 4.91. The van der Waals surface area contributed by atoms with Crippen molar-refractivity contribution >= 4 is 34.0 Å². The highest BCUT2D eigenvalue weighted by Crippen LogP contribution is 2.35. The highest BCUT2D eigenvalue weighted by atomic mass is 32.1. The quantitative estimate of drug-likeness (QED) is 0.470. The molecule has 0 radical (unpaired) electrons. The predicted octanol–water partition coefficient (Wildman–Crippen LogP) is 4.38. The summed E-state index contributed by atoms with van der Waals surface area (Å²) in [4.78, 5) is 11.8. The van der Waals surface area contributed by atoms with Crippen LogP contribution in [0, 0.1) is 36.5 Å². The molecule has 0 atom stereocenters. The van der Waals surface area contributed by atoms with Gasteiger partial charge in [-0.3, -0.25) is 0 Å². The van der Waals surface area contributed by atoms with E-state index in [0.29, 0.717) is 38.9 Å². The molecule has 0 aliphatic heterocycles. The number of ether oxygens (including phenoxy) is 2. The number of rotatable bonds is 5. The summed E-state index contributed by atoms with van der Waals surface area (Å²) in [7, 11) is 3.12. The number of nitrogens with one attached hydrogen (secondary N) is 1. The van der Waals surface area contributed by atoms with E-state index in [-0.39, 0.29) is 0 Å². The summed E-state index contributed by atoms with van der Waals surface area (Å²) in [5, 5.41) is 20.8. The summed E-state index contributed by atoms with van der Waals surface area (Å²) in [6, 6.07) is 9.87. The second-order valence-electron chi connectivity index (χ2n) is 6.76. The summed E-state index contributed by atoms with van der Waals surface area (Å²) in [5.41, 5.74) is 5.02. The summed E-state index contributed by atoms with van der Waals surface area (Å²) < 4.78 is 12.4. The number of pyridine rings is 1. The van der Waals surface area contributed by atoms with E-state index in [2.05, 4.69) is 27.1 Å². The minimum atomic E-state index is 0.389. The minimum Gasteiger partial charge on any atom is -0.487 e. The molecule has 0 aliphatic carbocycles. The molecule has 0 aromatic carbocycles. The molecule has 0 aliphatic rings. The average molecular weight is 430 g/mol. The van der Waals surface area contributed by atoms with Crippen LogP contribution in [0.5, 0.6) is 10.9 Å². The molecular formula is C22H18N6O2S. The van der Waals surface area contributed by atoms with E-state index < -0.39 is 0 Å². The van der Waals surface area contributed by atoms with Crippen LogP contribution in [0.25, 0.3) is 27.7 Å². The van der Waals surface area contributed by atoms with Gasteiger partial charge in [0.05, 0.1) is 42.6 Å². The van der Waals surface area contributed by atoms with E-state index in [1.807, 2.05) is 24.5 Å². The molecule has 0 fully saturated rings. The molecule has 4 rings (SSSR count). The Morgan fingerprint density at radius 2 is 2.00 bits per heavy atom. The second kappa shape index (κ2) is 7.98. The van der Waals surface area contributed by atoms with Crippen LogP contribution in [0.1, 0.15) is 28.3 Å². The lowest BCUT2D eigenvalue weighted by Crippen LogP contribution is -1.98. The van der Waals surface area contributed by atoms with Gasteiger partial charge in [0.2, 0.25) is 5.88 Å². The Hall–Kier alpha value is -4.08. The van der Waals surface area contributed by atoms with Crippen molar-refractivity contribution in [3.63, 3.8) is 0 Å². The van der Waals surface area contributed by atoms with Gasteiger partial charge in [-0.2, -0.15) is 10.5 Å². The Balaban J connectivity index is 1.80. The molecule has 4 heterocycles. The highest BCUT2D eigenvalue weighted by molar-refractivity contribution is 7.16. The molecule has 0 unspecified atom stereocenters. The number of fused-ring (bicyclic) bond motifs is 1. The van der Waals surface area contributed by atoms with Crippen LogP contribution < -0.4 is 9.47 Å². The van der Waals surface area contributed by atoms with Gasteiger partial charge < -0.3 is 19.0 Å². The van der Waals surface area contributed by atoms with Crippen molar-refractivity contribution in [2.75, 3.05) is 14.2 Å². The van der Waals surface area contributed by atoms with Crippen molar-refractivity contribution < 1.29 is 9.47 Å². The normalized spacial score (nSPS) is 11.4. The largest absolute Gasteiger partial charge is 0.487 e. The molecule has 0 bridgehead atoms. The number of aromatic nitrogens is 4. The number of imidazole rings is 1. The van der Waals surface area contributed by atoms with Gasteiger partial charge in [-0.15, -0.1) is 0 Å². The second-order valence-corrected chi connectivity index (χ2v) is 7.75. The van der Waals surface area contributed by atoms with Crippen molar-refractivity contribution in [1.82, 2.24) is 19.5 Å². The Bertz CT molecular complexity index is 1410. The van der Waals surface area contributed by atoms with Gasteiger partial charge in [0.25, 0.3) is 0 Å². The number of H-pyrrole nitrogens is 1. The molecule has 0 saturated heterocycles. The third kappa shape index (κ3) is 3.52. The van der Waals surface area contributed by atoms with Crippen molar-refractivity contribution in [2.24, 2.45) is 0 Å². The summed E-state index contributed by atoms with van der Waals surface area (Å²) in [5.74, 6) is 0.907. The van der Waals surface area contributed by atoms with Gasteiger partial charge in [0.1, 0.15) is 23.0 Å². The van der Waals surface area contributed by atoms with Crippen LogP contribution in [0.4, 0.5) is 0 Å². The fourth-order valence-corrected chi connectivity index (χ4v) is 4.43. The zero-order valence-corrected chi connectivity index (χ0v) is 18.2.